The Morgan fingerprint density at radius 3 is 2.10 bits per heavy atom. The number of hydrogen-bond donors (Lipinski definition) is 1. The zero-order valence-corrected chi connectivity index (χ0v) is 13.3. The van der Waals surface area contributed by atoms with E-state index in [1.165, 1.54) is 14.2 Å². The second kappa shape index (κ2) is 6.60. The lowest BCUT2D eigenvalue weighted by atomic mass is 10.2. The van der Waals surface area contributed by atoms with Crippen LogP contribution in [0, 0.1) is 3.57 Å². The molecule has 20 heavy (non-hydrogen) atoms. The summed E-state index contributed by atoms with van der Waals surface area (Å²) in [6.07, 6.45) is 1.70. The summed E-state index contributed by atoms with van der Waals surface area (Å²) >= 11 is 2.25. The molecule has 2 rings (SSSR count). The standard InChI is InChI=1S/C15H14INO3/c1-19-13-7-10(8-14(20-2)15(13)18)9-17-12-5-3-11(16)4-6-12/h3-9,18H,1-2H3. The summed E-state index contributed by atoms with van der Waals surface area (Å²) in [5, 5.41) is 9.83. The number of ether oxygens (including phenoxy) is 2. The maximum Gasteiger partial charge on any atom is 0.200 e. The van der Waals surface area contributed by atoms with E-state index in [-0.39, 0.29) is 5.75 Å². The second-order valence-electron chi connectivity index (χ2n) is 4.01. The first-order valence-corrected chi connectivity index (χ1v) is 6.96. The summed E-state index contributed by atoms with van der Waals surface area (Å²) in [6, 6.07) is 11.3. The molecule has 0 atom stereocenters. The summed E-state index contributed by atoms with van der Waals surface area (Å²) in [4.78, 5) is 4.38. The van der Waals surface area contributed by atoms with Gasteiger partial charge in [-0.25, -0.2) is 0 Å². The lowest BCUT2D eigenvalue weighted by Gasteiger charge is -2.09. The summed E-state index contributed by atoms with van der Waals surface area (Å²) in [5.74, 6) is 0.697. The number of benzene rings is 2. The van der Waals surface area contributed by atoms with Gasteiger partial charge in [-0.1, -0.05) is 0 Å². The van der Waals surface area contributed by atoms with E-state index in [1.54, 1.807) is 18.3 Å². The van der Waals surface area contributed by atoms with Crippen LogP contribution in [0.15, 0.2) is 41.4 Å². The number of halogens is 1. The van der Waals surface area contributed by atoms with E-state index < -0.39 is 0 Å². The van der Waals surface area contributed by atoms with Crippen molar-refractivity contribution in [2.75, 3.05) is 14.2 Å². The zero-order chi connectivity index (χ0) is 14.5. The fraction of sp³-hybridized carbons (Fsp3) is 0.133. The number of methoxy groups -OCH3 is 2. The summed E-state index contributed by atoms with van der Waals surface area (Å²) < 4.78 is 11.4. The zero-order valence-electron chi connectivity index (χ0n) is 11.1. The monoisotopic (exact) mass is 383 g/mol. The quantitative estimate of drug-likeness (QED) is 0.646. The van der Waals surface area contributed by atoms with Crippen molar-refractivity contribution >= 4 is 34.5 Å². The third kappa shape index (κ3) is 3.41. The van der Waals surface area contributed by atoms with E-state index in [0.29, 0.717) is 11.5 Å². The van der Waals surface area contributed by atoms with Gasteiger partial charge in [-0.2, -0.15) is 0 Å². The molecule has 2 aromatic rings. The van der Waals surface area contributed by atoms with Crippen molar-refractivity contribution in [2.24, 2.45) is 4.99 Å². The normalized spacial score (nSPS) is 10.8. The van der Waals surface area contributed by atoms with Crippen LogP contribution in [0.25, 0.3) is 0 Å². The highest BCUT2D eigenvalue weighted by molar-refractivity contribution is 14.1. The molecule has 0 aliphatic rings. The van der Waals surface area contributed by atoms with Crippen molar-refractivity contribution in [3.05, 3.63) is 45.5 Å². The molecule has 0 saturated carbocycles. The molecule has 104 valence electrons. The van der Waals surface area contributed by atoms with Crippen LogP contribution in [0.1, 0.15) is 5.56 Å². The Morgan fingerprint density at radius 1 is 1.05 bits per heavy atom. The Bertz CT molecular complexity index is 599. The number of aromatic hydroxyl groups is 1. The highest BCUT2D eigenvalue weighted by Crippen LogP contribution is 2.36. The van der Waals surface area contributed by atoms with Gasteiger partial charge in [0.25, 0.3) is 0 Å². The van der Waals surface area contributed by atoms with Crippen LogP contribution >= 0.6 is 22.6 Å². The van der Waals surface area contributed by atoms with E-state index in [9.17, 15) is 5.11 Å². The van der Waals surface area contributed by atoms with Gasteiger partial charge in [-0.3, -0.25) is 4.99 Å². The first kappa shape index (κ1) is 14.6. The maximum absolute atomic E-state index is 9.83. The van der Waals surface area contributed by atoms with Gasteiger partial charge in [-0.05, 0) is 59.0 Å². The minimum absolute atomic E-state index is 0.0126. The lowest BCUT2D eigenvalue weighted by Crippen LogP contribution is -1.92. The molecular weight excluding hydrogens is 369 g/mol. The summed E-state index contributed by atoms with van der Waals surface area (Å²) in [5.41, 5.74) is 1.64. The van der Waals surface area contributed by atoms with Gasteiger partial charge in [0.2, 0.25) is 5.75 Å². The predicted molar refractivity (Wildman–Crippen MR) is 87.6 cm³/mol. The van der Waals surface area contributed by atoms with E-state index >= 15 is 0 Å². The van der Waals surface area contributed by atoms with Crippen molar-refractivity contribution in [3.63, 3.8) is 0 Å². The van der Waals surface area contributed by atoms with Crippen LogP contribution in [-0.2, 0) is 0 Å². The fourth-order valence-electron chi connectivity index (χ4n) is 1.66. The first-order valence-electron chi connectivity index (χ1n) is 5.88. The Hall–Kier alpha value is -1.76. The molecule has 4 nitrogen and oxygen atoms in total. The number of phenolic OH excluding ortho intramolecular Hbond substituents is 1. The Labute approximate surface area is 131 Å². The molecule has 0 aromatic heterocycles. The molecular formula is C15H14INO3. The Morgan fingerprint density at radius 2 is 1.60 bits per heavy atom. The fourth-order valence-corrected chi connectivity index (χ4v) is 2.02. The minimum Gasteiger partial charge on any atom is -0.502 e. The number of hydrogen-bond acceptors (Lipinski definition) is 4. The smallest absolute Gasteiger partial charge is 0.200 e. The molecule has 0 amide bonds. The molecule has 0 saturated heterocycles. The number of nitrogens with zero attached hydrogens (tertiary/aromatic N) is 1. The van der Waals surface area contributed by atoms with Crippen molar-refractivity contribution in [2.45, 2.75) is 0 Å². The van der Waals surface area contributed by atoms with Gasteiger partial charge in [0.1, 0.15) is 0 Å². The van der Waals surface area contributed by atoms with Crippen LogP contribution in [0.5, 0.6) is 17.2 Å². The van der Waals surface area contributed by atoms with Crippen molar-refractivity contribution in [1.82, 2.24) is 0 Å². The average Bonchev–Trinajstić information content (AvgIpc) is 2.47. The molecule has 5 heteroatoms. The highest BCUT2D eigenvalue weighted by Gasteiger charge is 2.10. The molecule has 1 N–H and O–H groups in total. The summed E-state index contributed by atoms with van der Waals surface area (Å²) in [7, 11) is 2.99. The predicted octanol–water partition coefficient (Wildman–Crippen LogP) is 3.76. The first-order chi connectivity index (χ1) is 9.63. The van der Waals surface area contributed by atoms with Crippen LogP contribution in [0.2, 0.25) is 0 Å². The molecule has 0 unspecified atom stereocenters. The molecule has 0 bridgehead atoms. The maximum atomic E-state index is 9.83. The topological polar surface area (TPSA) is 51.0 Å². The van der Waals surface area contributed by atoms with Gasteiger partial charge >= 0.3 is 0 Å². The largest absolute Gasteiger partial charge is 0.502 e. The summed E-state index contributed by atoms with van der Waals surface area (Å²) in [6.45, 7) is 0. The Balaban J connectivity index is 2.31. The molecule has 0 radical (unpaired) electrons. The highest BCUT2D eigenvalue weighted by atomic mass is 127. The molecule has 0 spiro atoms. The van der Waals surface area contributed by atoms with Gasteiger partial charge in [0, 0.05) is 15.3 Å². The van der Waals surface area contributed by atoms with Crippen molar-refractivity contribution in [3.8, 4) is 17.2 Å². The van der Waals surface area contributed by atoms with Crippen LogP contribution < -0.4 is 9.47 Å². The third-order valence-electron chi connectivity index (χ3n) is 2.69. The van der Waals surface area contributed by atoms with E-state index in [2.05, 4.69) is 27.6 Å². The molecule has 0 fully saturated rings. The lowest BCUT2D eigenvalue weighted by molar-refractivity contribution is 0.340. The van der Waals surface area contributed by atoms with Gasteiger partial charge in [0.15, 0.2) is 11.5 Å². The van der Waals surface area contributed by atoms with Gasteiger partial charge < -0.3 is 14.6 Å². The van der Waals surface area contributed by atoms with E-state index in [4.69, 9.17) is 9.47 Å². The average molecular weight is 383 g/mol. The Kier molecular flexibility index (Phi) is 4.84. The van der Waals surface area contributed by atoms with Crippen LogP contribution in [-0.4, -0.2) is 25.5 Å². The van der Waals surface area contributed by atoms with Crippen LogP contribution in [0.3, 0.4) is 0 Å². The number of phenols is 1. The van der Waals surface area contributed by atoms with Crippen LogP contribution in [0.4, 0.5) is 5.69 Å². The number of rotatable bonds is 4. The number of aliphatic imine (C=N–C) groups is 1. The SMILES string of the molecule is COc1cc(C=Nc2ccc(I)cc2)cc(OC)c1O. The van der Waals surface area contributed by atoms with Crippen molar-refractivity contribution in [1.29, 1.82) is 0 Å². The second-order valence-corrected chi connectivity index (χ2v) is 5.25. The molecule has 0 aliphatic carbocycles. The van der Waals surface area contributed by atoms with Crippen molar-refractivity contribution < 1.29 is 14.6 Å². The molecule has 2 aromatic carbocycles. The molecule has 0 heterocycles. The molecule has 0 aliphatic heterocycles. The van der Waals surface area contributed by atoms with E-state index in [0.717, 1.165) is 14.8 Å². The van der Waals surface area contributed by atoms with Gasteiger partial charge in [0.05, 0.1) is 19.9 Å². The van der Waals surface area contributed by atoms with Gasteiger partial charge in [-0.15, -0.1) is 0 Å². The third-order valence-corrected chi connectivity index (χ3v) is 3.41. The van der Waals surface area contributed by atoms with E-state index in [1.807, 2.05) is 24.3 Å². The minimum atomic E-state index is -0.0126.